The predicted octanol–water partition coefficient (Wildman–Crippen LogP) is 1.61. The standard InChI is InChI=1S/C20H25N5O4/c1-14-18(23-29-21-14)13-24-8-10-25(11-9-24)19(26)20(2)12-17(22-28-20)15-4-6-16(27-3)7-5-15/h4-7H,8-13H2,1-3H3. The molecule has 1 aromatic heterocycles. The number of benzene rings is 1. The van der Waals surface area contributed by atoms with Crippen LogP contribution in [0.25, 0.3) is 0 Å². The molecule has 0 radical (unpaired) electrons. The van der Waals surface area contributed by atoms with Crippen molar-refractivity contribution in [1.82, 2.24) is 20.1 Å². The lowest BCUT2D eigenvalue weighted by atomic mass is 9.94. The van der Waals surface area contributed by atoms with Crippen LogP contribution < -0.4 is 4.74 Å². The van der Waals surface area contributed by atoms with E-state index in [1.165, 1.54) is 0 Å². The van der Waals surface area contributed by atoms with E-state index in [9.17, 15) is 4.79 Å². The highest BCUT2D eigenvalue weighted by atomic mass is 16.7. The van der Waals surface area contributed by atoms with E-state index in [1.54, 1.807) is 7.11 Å². The minimum atomic E-state index is -0.968. The molecule has 0 N–H and O–H groups in total. The molecule has 2 aliphatic heterocycles. The van der Waals surface area contributed by atoms with Crippen molar-refractivity contribution in [2.24, 2.45) is 5.16 Å². The smallest absolute Gasteiger partial charge is 0.269 e. The van der Waals surface area contributed by atoms with Gasteiger partial charge in [-0.05, 0) is 43.7 Å². The van der Waals surface area contributed by atoms with Gasteiger partial charge in [0.15, 0.2) is 0 Å². The minimum absolute atomic E-state index is 0.0244. The van der Waals surface area contributed by atoms with Gasteiger partial charge in [0, 0.05) is 39.1 Å². The molecule has 1 fully saturated rings. The topological polar surface area (TPSA) is 93.3 Å². The predicted molar refractivity (Wildman–Crippen MR) is 105 cm³/mol. The normalized spacial score (nSPS) is 22.3. The van der Waals surface area contributed by atoms with Crippen molar-refractivity contribution < 1.29 is 19.0 Å². The molecule has 0 aliphatic carbocycles. The Balaban J connectivity index is 1.33. The highest BCUT2D eigenvalue weighted by molar-refractivity contribution is 6.05. The summed E-state index contributed by atoms with van der Waals surface area (Å²) in [5.41, 5.74) is 2.39. The minimum Gasteiger partial charge on any atom is -0.497 e. The average molecular weight is 399 g/mol. The van der Waals surface area contributed by atoms with Gasteiger partial charge in [-0.25, -0.2) is 4.63 Å². The molecule has 154 valence electrons. The molecule has 9 nitrogen and oxygen atoms in total. The van der Waals surface area contributed by atoms with Crippen molar-refractivity contribution in [3.8, 4) is 5.75 Å². The second-order valence-electron chi connectivity index (χ2n) is 7.63. The van der Waals surface area contributed by atoms with Gasteiger partial charge in [-0.15, -0.1) is 0 Å². The number of aromatic nitrogens is 2. The molecule has 2 aromatic rings. The number of methoxy groups -OCH3 is 1. The average Bonchev–Trinajstić information content (AvgIpc) is 3.35. The summed E-state index contributed by atoms with van der Waals surface area (Å²) in [4.78, 5) is 22.9. The number of hydrogen-bond donors (Lipinski definition) is 0. The van der Waals surface area contributed by atoms with Gasteiger partial charge in [0.2, 0.25) is 5.60 Å². The van der Waals surface area contributed by atoms with Gasteiger partial charge in [-0.2, -0.15) is 0 Å². The second-order valence-corrected chi connectivity index (χ2v) is 7.63. The molecule has 1 atom stereocenters. The number of oxime groups is 1. The Morgan fingerprint density at radius 2 is 1.90 bits per heavy atom. The SMILES string of the molecule is COc1ccc(C2=NOC(C)(C(=O)N3CCN(Cc4nonc4C)CC3)C2)cc1. The van der Waals surface area contributed by atoms with Gasteiger partial charge in [0.1, 0.15) is 17.1 Å². The highest BCUT2D eigenvalue weighted by Gasteiger charge is 2.45. The molecule has 0 spiro atoms. The van der Waals surface area contributed by atoms with Gasteiger partial charge in [0.05, 0.1) is 12.8 Å². The molecule has 0 bridgehead atoms. The third kappa shape index (κ3) is 3.95. The van der Waals surface area contributed by atoms with E-state index in [4.69, 9.17) is 14.2 Å². The van der Waals surface area contributed by atoms with Gasteiger partial charge >= 0.3 is 0 Å². The molecule has 2 aliphatic rings. The molecular weight excluding hydrogens is 374 g/mol. The number of carbonyl (C=O) groups is 1. The summed E-state index contributed by atoms with van der Waals surface area (Å²) < 4.78 is 9.95. The Morgan fingerprint density at radius 3 is 2.52 bits per heavy atom. The summed E-state index contributed by atoms with van der Waals surface area (Å²) in [6, 6.07) is 7.61. The number of carbonyl (C=O) groups excluding carboxylic acids is 1. The zero-order valence-electron chi connectivity index (χ0n) is 16.9. The fourth-order valence-corrected chi connectivity index (χ4v) is 3.64. The molecule has 29 heavy (non-hydrogen) atoms. The number of aryl methyl sites for hydroxylation is 1. The van der Waals surface area contributed by atoms with E-state index in [-0.39, 0.29) is 5.91 Å². The van der Waals surface area contributed by atoms with Gasteiger partial charge in [-0.3, -0.25) is 9.69 Å². The quantitative estimate of drug-likeness (QED) is 0.754. The molecule has 4 rings (SSSR count). The first kappa shape index (κ1) is 19.4. The van der Waals surface area contributed by atoms with E-state index < -0.39 is 5.60 Å². The molecule has 9 heteroatoms. The third-order valence-corrected chi connectivity index (χ3v) is 5.52. The maximum atomic E-state index is 13.1. The van der Waals surface area contributed by atoms with E-state index in [0.717, 1.165) is 41.5 Å². The fraction of sp³-hybridized carbons (Fsp3) is 0.500. The van der Waals surface area contributed by atoms with Crippen molar-refractivity contribution in [2.45, 2.75) is 32.4 Å². The number of piperazine rings is 1. The number of ether oxygens (including phenoxy) is 1. The van der Waals surface area contributed by atoms with Crippen LogP contribution in [0.3, 0.4) is 0 Å². The fourth-order valence-electron chi connectivity index (χ4n) is 3.64. The molecule has 0 saturated carbocycles. The summed E-state index contributed by atoms with van der Waals surface area (Å²) in [7, 11) is 1.63. The van der Waals surface area contributed by atoms with Crippen molar-refractivity contribution in [2.75, 3.05) is 33.3 Å². The molecule has 1 saturated heterocycles. The first-order valence-corrected chi connectivity index (χ1v) is 9.68. The third-order valence-electron chi connectivity index (χ3n) is 5.52. The number of rotatable bonds is 5. The number of hydrogen-bond acceptors (Lipinski definition) is 8. The van der Waals surface area contributed by atoms with Crippen LogP contribution in [0.2, 0.25) is 0 Å². The first-order chi connectivity index (χ1) is 14.0. The molecule has 1 unspecified atom stereocenters. The Labute approximate surface area is 169 Å². The Hall–Kier alpha value is -2.94. The zero-order chi connectivity index (χ0) is 20.4. The van der Waals surface area contributed by atoms with Crippen LogP contribution in [0.5, 0.6) is 5.75 Å². The van der Waals surface area contributed by atoms with E-state index in [2.05, 4.69) is 20.4 Å². The molecule has 1 aromatic carbocycles. The summed E-state index contributed by atoms with van der Waals surface area (Å²) >= 11 is 0. The Bertz CT molecular complexity index is 902. The lowest BCUT2D eigenvalue weighted by Crippen LogP contribution is -2.54. The van der Waals surface area contributed by atoms with Crippen LogP contribution in [-0.4, -0.2) is 70.6 Å². The van der Waals surface area contributed by atoms with Gasteiger partial charge < -0.3 is 14.5 Å². The largest absolute Gasteiger partial charge is 0.497 e. The molecule has 1 amide bonds. The van der Waals surface area contributed by atoms with Crippen molar-refractivity contribution in [3.63, 3.8) is 0 Å². The summed E-state index contributed by atoms with van der Waals surface area (Å²) in [5.74, 6) is 0.755. The molecule has 3 heterocycles. The van der Waals surface area contributed by atoms with Gasteiger partial charge in [0.25, 0.3) is 5.91 Å². The Kier molecular flexibility index (Phi) is 5.23. The van der Waals surface area contributed by atoms with Crippen LogP contribution in [-0.2, 0) is 16.2 Å². The van der Waals surface area contributed by atoms with Crippen molar-refractivity contribution in [1.29, 1.82) is 0 Å². The summed E-state index contributed by atoms with van der Waals surface area (Å²) in [5, 5.41) is 11.9. The second kappa shape index (κ2) is 7.82. The maximum Gasteiger partial charge on any atom is 0.269 e. The lowest BCUT2D eigenvalue weighted by Gasteiger charge is -2.37. The van der Waals surface area contributed by atoms with Crippen molar-refractivity contribution >= 4 is 11.6 Å². The van der Waals surface area contributed by atoms with Crippen LogP contribution in [0.1, 0.15) is 30.3 Å². The van der Waals surface area contributed by atoms with Crippen LogP contribution in [0, 0.1) is 6.92 Å². The first-order valence-electron chi connectivity index (χ1n) is 9.68. The zero-order valence-corrected chi connectivity index (χ0v) is 16.9. The van der Waals surface area contributed by atoms with E-state index in [0.29, 0.717) is 26.1 Å². The summed E-state index contributed by atoms with van der Waals surface area (Å²) in [6.07, 6.45) is 0.447. The summed E-state index contributed by atoms with van der Waals surface area (Å²) in [6.45, 7) is 7.17. The van der Waals surface area contributed by atoms with Crippen LogP contribution in [0.15, 0.2) is 34.1 Å². The van der Waals surface area contributed by atoms with Gasteiger partial charge in [-0.1, -0.05) is 15.5 Å². The van der Waals surface area contributed by atoms with E-state index >= 15 is 0 Å². The lowest BCUT2D eigenvalue weighted by molar-refractivity contribution is -0.155. The van der Waals surface area contributed by atoms with Crippen LogP contribution in [0.4, 0.5) is 0 Å². The molecular formula is C20H25N5O4. The number of nitrogens with zero attached hydrogens (tertiary/aromatic N) is 5. The number of amides is 1. The maximum absolute atomic E-state index is 13.1. The van der Waals surface area contributed by atoms with E-state index in [1.807, 2.05) is 43.0 Å². The van der Waals surface area contributed by atoms with Crippen molar-refractivity contribution in [3.05, 3.63) is 41.2 Å². The Morgan fingerprint density at radius 1 is 1.17 bits per heavy atom. The highest BCUT2D eigenvalue weighted by Crippen LogP contribution is 2.29. The monoisotopic (exact) mass is 399 g/mol. The van der Waals surface area contributed by atoms with Crippen LogP contribution >= 0.6 is 0 Å².